The summed E-state index contributed by atoms with van der Waals surface area (Å²) >= 11 is 13.5. The van der Waals surface area contributed by atoms with E-state index in [1.807, 2.05) is 54.6 Å². The van der Waals surface area contributed by atoms with E-state index in [-0.39, 0.29) is 12.1 Å². The maximum Gasteiger partial charge on any atom is 0.174 e. The fourth-order valence-corrected chi connectivity index (χ4v) is 5.98. The quantitative estimate of drug-likeness (QED) is 0.274. The van der Waals surface area contributed by atoms with E-state index in [1.54, 1.807) is 18.0 Å². The summed E-state index contributed by atoms with van der Waals surface area (Å²) in [7, 11) is 0. The number of hydrogen-bond acceptors (Lipinski definition) is 6. The molecule has 0 bridgehead atoms. The standard InChI is InChI=1S/C28H25ClN4O2S2/c29-19-4-10-22(11-5-19)37-25-13-12-24(35-25)27-26(23-3-1-2-14-30-23)31-28(36)33(27)21-8-6-20(7-9-21)32-15-17-34-18-16-32/h1-14,26-27H,15-18H2,(H,31,36)/t26-,27+/m1/s1. The van der Waals surface area contributed by atoms with E-state index in [0.29, 0.717) is 10.1 Å². The van der Waals surface area contributed by atoms with Crippen LogP contribution in [0.15, 0.2) is 99.5 Å². The lowest BCUT2D eigenvalue weighted by Gasteiger charge is -2.30. The molecule has 1 N–H and O–H groups in total. The van der Waals surface area contributed by atoms with Gasteiger partial charge in [0.15, 0.2) is 10.2 Å². The summed E-state index contributed by atoms with van der Waals surface area (Å²) < 4.78 is 11.9. The van der Waals surface area contributed by atoms with Crippen LogP contribution in [0.3, 0.4) is 0 Å². The van der Waals surface area contributed by atoms with Gasteiger partial charge in [0, 0.05) is 40.6 Å². The first-order valence-electron chi connectivity index (χ1n) is 12.1. The van der Waals surface area contributed by atoms with Crippen molar-refractivity contribution < 1.29 is 9.15 Å². The Bertz CT molecular complexity index is 1360. The Labute approximate surface area is 230 Å². The van der Waals surface area contributed by atoms with E-state index in [0.717, 1.165) is 53.4 Å². The molecule has 0 saturated carbocycles. The molecular weight excluding hydrogens is 524 g/mol. The number of rotatable bonds is 6. The smallest absolute Gasteiger partial charge is 0.174 e. The number of benzene rings is 2. The molecule has 0 amide bonds. The Morgan fingerprint density at radius 1 is 0.919 bits per heavy atom. The normalized spacial score (nSPS) is 19.8. The molecule has 2 aliphatic heterocycles. The topological polar surface area (TPSA) is 53.8 Å². The van der Waals surface area contributed by atoms with Crippen molar-refractivity contribution in [1.29, 1.82) is 0 Å². The zero-order valence-corrected chi connectivity index (χ0v) is 22.3. The molecule has 2 fully saturated rings. The van der Waals surface area contributed by atoms with E-state index >= 15 is 0 Å². The molecule has 6 nitrogen and oxygen atoms in total. The van der Waals surface area contributed by atoms with E-state index < -0.39 is 0 Å². The van der Waals surface area contributed by atoms with Gasteiger partial charge >= 0.3 is 0 Å². The molecule has 37 heavy (non-hydrogen) atoms. The Morgan fingerprint density at radius 3 is 2.41 bits per heavy atom. The Kier molecular flexibility index (Phi) is 7.06. The number of thiocarbonyl (C=S) groups is 1. The van der Waals surface area contributed by atoms with Crippen LogP contribution in [0.5, 0.6) is 0 Å². The number of aromatic nitrogens is 1. The third kappa shape index (κ3) is 5.20. The molecule has 4 heterocycles. The lowest BCUT2D eigenvalue weighted by Crippen LogP contribution is -2.36. The predicted molar refractivity (Wildman–Crippen MR) is 152 cm³/mol. The highest BCUT2D eigenvalue weighted by Gasteiger charge is 2.42. The summed E-state index contributed by atoms with van der Waals surface area (Å²) in [5.74, 6) is 0.816. The summed E-state index contributed by atoms with van der Waals surface area (Å²) in [6.07, 6.45) is 1.81. The third-order valence-corrected chi connectivity index (χ3v) is 8.02. The number of hydrogen-bond donors (Lipinski definition) is 1. The highest BCUT2D eigenvalue weighted by molar-refractivity contribution is 7.99. The number of pyridine rings is 1. The number of nitrogens with zero attached hydrogens (tertiary/aromatic N) is 3. The minimum Gasteiger partial charge on any atom is -0.452 e. The highest BCUT2D eigenvalue weighted by Crippen LogP contribution is 2.43. The molecule has 4 aromatic rings. The molecule has 2 aromatic heterocycles. The number of nitrogens with one attached hydrogen (secondary N) is 1. The monoisotopic (exact) mass is 548 g/mol. The number of ether oxygens (including phenoxy) is 1. The van der Waals surface area contributed by atoms with Gasteiger partial charge in [-0.3, -0.25) is 4.98 Å². The first-order valence-corrected chi connectivity index (χ1v) is 13.7. The van der Waals surface area contributed by atoms with Crippen LogP contribution >= 0.6 is 35.6 Å². The van der Waals surface area contributed by atoms with Gasteiger partial charge in [-0.2, -0.15) is 0 Å². The van der Waals surface area contributed by atoms with Crippen LogP contribution < -0.4 is 15.1 Å². The summed E-state index contributed by atoms with van der Waals surface area (Å²) in [5.41, 5.74) is 3.09. The van der Waals surface area contributed by atoms with Crippen LogP contribution in [-0.2, 0) is 4.74 Å². The van der Waals surface area contributed by atoms with Crippen LogP contribution in [0.1, 0.15) is 23.5 Å². The van der Waals surface area contributed by atoms with Gasteiger partial charge in [0.05, 0.1) is 24.9 Å². The van der Waals surface area contributed by atoms with Gasteiger partial charge in [-0.05, 0) is 85.0 Å². The maximum absolute atomic E-state index is 6.41. The Morgan fingerprint density at radius 2 is 1.68 bits per heavy atom. The van der Waals surface area contributed by atoms with Crippen LogP contribution in [-0.4, -0.2) is 36.4 Å². The average molecular weight is 549 g/mol. The molecular formula is C28H25ClN4O2S2. The number of anilines is 2. The van der Waals surface area contributed by atoms with Gasteiger partial charge in [0.25, 0.3) is 0 Å². The summed E-state index contributed by atoms with van der Waals surface area (Å²) in [4.78, 5) is 10.2. The lowest BCUT2D eigenvalue weighted by molar-refractivity contribution is 0.122. The largest absolute Gasteiger partial charge is 0.452 e. The molecule has 2 aliphatic rings. The number of halogens is 1. The number of morpholine rings is 1. The molecule has 0 unspecified atom stereocenters. The molecule has 188 valence electrons. The fraction of sp³-hybridized carbons (Fsp3) is 0.214. The molecule has 9 heteroatoms. The zero-order valence-electron chi connectivity index (χ0n) is 19.9. The second-order valence-electron chi connectivity index (χ2n) is 8.83. The second-order valence-corrected chi connectivity index (χ2v) is 10.7. The lowest BCUT2D eigenvalue weighted by atomic mass is 10.0. The SMILES string of the molecule is S=C1N[C@H](c2ccccn2)[C@H](c2ccc(Sc3ccc(Cl)cc3)o2)N1c1ccc(N2CCOCC2)cc1. The molecule has 0 spiro atoms. The second kappa shape index (κ2) is 10.8. The van der Waals surface area contributed by atoms with E-state index in [2.05, 4.69) is 44.4 Å². The number of furan rings is 1. The Hall–Kier alpha value is -3.04. The van der Waals surface area contributed by atoms with Crippen LogP contribution in [0, 0.1) is 0 Å². The van der Waals surface area contributed by atoms with Crippen molar-refractivity contribution in [2.75, 3.05) is 36.1 Å². The van der Waals surface area contributed by atoms with Gasteiger partial charge in [0.2, 0.25) is 0 Å². The van der Waals surface area contributed by atoms with E-state index in [1.165, 1.54) is 5.69 Å². The summed E-state index contributed by atoms with van der Waals surface area (Å²) in [6.45, 7) is 3.30. The molecule has 2 saturated heterocycles. The molecule has 0 aliphatic carbocycles. The van der Waals surface area contributed by atoms with Gasteiger partial charge in [-0.1, -0.05) is 29.4 Å². The van der Waals surface area contributed by atoms with Crippen molar-refractivity contribution in [2.45, 2.75) is 22.1 Å². The van der Waals surface area contributed by atoms with Crippen LogP contribution in [0.25, 0.3) is 0 Å². The van der Waals surface area contributed by atoms with Crippen molar-refractivity contribution in [3.8, 4) is 0 Å². The summed E-state index contributed by atoms with van der Waals surface area (Å²) in [6, 6.07) is 25.9. The van der Waals surface area contributed by atoms with Gasteiger partial charge in [-0.15, -0.1) is 0 Å². The average Bonchev–Trinajstić information content (AvgIpc) is 3.55. The minimum absolute atomic E-state index is 0.160. The van der Waals surface area contributed by atoms with Crippen molar-refractivity contribution in [2.24, 2.45) is 0 Å². The fourth-order valence-electron chi connectivity index (χ4n) is 4.73. The van der Waals surface area contributed by atoms with Crippen molar-refractivity contribution in [3.05, 3.63) is 102 Å². The summed E-state index contributed by atoms with van der Waals surface area (Å²) in [5, 5.41) is 5.65. The third-order valence-electron chi connectivity index (χ3n) is 6.53. The highest BCUT2D eigenvalue weighted by atomic mass is 35.5. The van der Waals surface area contributed by atoms with Gasteiger partial charge in [-0.25, -0.2) is 0 Å². The van der Waals surface area contributed by atoms with Gasteiger partial charge in [0.1, 0.15) is 11.8 Å². The molecule has 2 atom stereocenters. The zero-order chi connectivity index (χ0) is 25.2. The molecule has 2 aromatic carbocycles. The van der Waals surface area contributed by atoms with Crippen LogP contribution in [0.4, 0.5) is 11.4 Å². The van der Waals surface area contributed by atoms with Crippen molar-refractivity contribution in [1.82, 2.24) is 10.3 Å². The first kappa shape index (κ1) is 24.3. The molecule has 6 rings (SSSR count). The van der Waals surface area contributed by atoms with Crippen molar-refractivity contribution in [3.63, 3.8) is 0 Å². The van der Waals surface area contributed by atoms with E-state index in [4.69, 9.17) is 33.0 Å². The van der Waals surface area contributed by atoms with Crippen LogP contribution in [0.2, 0.25) is 5.02 Å². The Balaban J connectivity index is 1.32. The van der Waals surface area contributed by atoms with E-state index in [9.17, 15) is 0 Å². The molecule has 0 radical (unpaired) electrons. The minimum atomic E-state index is -0.198. The van der Waals surface area contributed by atoms with Gasteiger partial charge < -0.3 is 24.3 Å². The first-order chi connectivity index (χ1) is 18.2. The maximum atomic E-state index is 6.41. The van der Waals surface area contributed by atoms with Crippen molar-refractivity contribution >= 4 is 52.1 Å². The predicted octanol–water partition coefficient (Wildman–Crippen LogP) is 6.49.